The van der Waals surface area contributed by atoms with E-state index in [0.717, 1.165) is 27.7 Å². The zero-order valence-corrected chi connectivity index (χ0v) is 14.9. The molecule has 0 saturated heterocycles. The van der Waals surface area contributed by atoms with E-state index in [1.165, 1.54) is 0 Å². The molecule has 4 aromatic rings. The van der Waals surface area contributed by atoms with Gasteiger partial charge in [0.1, 0.15) is 0 Å². The zero-order valence-electron chi connectivity index (χ0n) is 14.9. The molecule has 27 heavy (non-hydrogen) atoms. The number of H-pyrrole nitrogens is 1. The second kappa shape index (κ2) is 6.99. The van der Waals surface area contributed by atoms with Crippen molar-refractivity contribution in [3.05, 3.63) is 78.4 Å². The maximum Gasteiger partial charge on any atom is 0.405 e. The molecule has 1 atom stereocenters. The summed E-state index contributed by atoms with van der Waals surface area (Å²) < 4.78 is 7.31. The molecule has 0 fully saturated rings. The summed E-state index contributed by atoms with van der Waals surface area (Å²) in [4.78, 5) is 19.5. The Morgan fingerprint density at radius 3 is 2.70 bits per heavy atom. The molecule has 6 heteroatoms. The minimum Gasteiger partial charge on any atom is -0.438 e. The fourth-order valence-corrected chi connectivity index (χ4v) is 3.35. The smallest absolute Gasteiger partial charge is 0.405 e. The number of hydrogen-bond donors (Lipinski definition) is 2. The Morgan fingerprint density at radius 1 is 1.19 bits per heavy atom. The quantitative estimate of drug-likeness (QED) is 0.565. The number of nitrogens with two attached hydrogens (primary N) is 1. The number of primary amides is 1. The normalized spacial score (nSPS) is 12.2. The van der Waals surface area contributed by atoms with Gasteiger partial charge in [0.05, 0.1) is 5.69 Å². The topological polar surface area (TPSA) is 85.9 Å². The van der Waals surface area contributed by atoms with E-state index in [9.17, 15) is 4.79 Å². The summed E-state index contributed by atoms with van der Waals surface area (Å²) in [5.41, 5.74) is 9.24. The summed E-state index contributed by atoms with van der Waals surface area (Å²) in [5.74, 6) is 0.651. The van der Waals surface area contributed by atoms with E-state index in [0.29, 0.717) is 12.2 Å². The molecule has 0 aliphatic carbocycles. The van der Waals surface area contributed by atoms with Crippen molar-refractivity contribution < 1.29 is 9.53 Å². The van der Waals surface area contributed by atoms with E-state index in [-0.39, 0.29) is 0 Å². The maximum absolute atomic E-state index is 11.5. The number of nitrogens with zero attached hydrogens (tertiary/aromatic N) is 2. The van der Waals surface area contributed by atoms with Gasteiger partial charge in [-0.1, -0.05) is 48.5 Å². The number of nitrogens with one attached hydrogen (secondary N) is 1. The first kappa shape index (κ1) is 16.9. The zero-order chi connectivity index (χ0) is 18.8. The molecule has 3 N–H and O–H groups in total. The third kappa shape index (κ3) is 3.42. The number of aryl methyl sites for hydroxylation is 1. The first-order chi connectivity index (χ1) is 13.1. The molecule has 6 nitrogen and oxygen atoms in total. The van der Waals surface area contributed by atoms with Crippen LogP contribution in [-0.4, -0.2) is 20.6 Å². The third-order valence-electron chi connectivity index (χ3n) is 4.61. The molecule has 0 aliphatic heterocycles. The molecule has 1 amide bonds. The van der Waals surface area contributed by atoms with Gasteiger partial charge in [-0.15, -0.1) is 0 Å². The largest absolute Gasteiger partial charge is 0.438 e. The average Bonchev–Trinajstić information content (AvgIpc) is 3.25. The number of ether oxygens (including phenoxy) is 1. The standard InChI is InChI=1S/C21H20N4O2/c1-25-13-18(14-7-3-2-4-8-14)24-20(25)19(27-21(22)26)11-15-12-23-17-10-6-5-9-16(15)17/h2-10,12-13,19,23H,11H2,1H3,(H2,22,26)/t19-/m1/s1. The Hall–Kier alpha value is -3.54. The summed E-state index contributed by atoms with van der Waals surface area (Å²) in [6.45, 7) is 0. The van der Waals surface area contributed by atoms with Crippen molar-refractivity contribution in [3.8, 4) is 11.3 Å². The lowest BCUT2D eigenvalue weighted by Crippen LogP contribution is -2.21. The molecule has 0 spiro atoms. The van der Waals surface area contributed by atoms with E-state index in [1.807, 2.05) is 78.6 Å². The highest BCUT2D eigenvalue weighted by molar-refractivity contribution is 5.83. The fourth-order valence-electron chi connectivity index (χ4n) is 3.35. The monoisotopic (exact) mass is 360 g/mol. The van der Waals surface area contributed by atoms with Crippen LogP contribution in [0, 0.1) is 0 Å². The number of para-hydroxylation sites is 1. The summed E-state index contributed by atoms with van der Waals surface area (Å²) in [6.07, 6.45) is 2.94. The van der Waals surface area contributed by atoms with Crippen molar-refractivity contribution in [1.82, 2.24) is 14.5 Å². The van der Waals surface area contributed by atoms with E-state index in [1.54, 1.807) is 0 Å². The van der Waals surface area contributed by atoms with Gasteiger partial charge in [0, 0.05) is 42.3 Å². The number of carbonyl (C=O) groups excluding carboxylic acids is 1. The fraction of sp³-hybridized carbons (Fsp3) is 0.143. The summed E-state index contributed by atoms with van der Waals surface area (Å²) in [5, 5.41) is 1.09. The van der Waals surface area contributed by atoms with Crippen molar-refractivity contribution in [2.75, 3.05) is 0 Å². The van der Waals surface area contributed by atoms with Crippen LogP contribution in [-0.2, 0) is 18.2 Å². The van der Waals surface area contributed by atoms with Crippen molar-refractivity contribution in [2.45, 2.75) is 12.5 Å². The van der Waals surface area contributed by atoms with Crippen LogP contribution in [0.15, 0.2) is 67.0 Å². The lowest BCUT2D eigenvalue weighted by molar-refractivity contribution is 0.100. The van der Waals surface area contributed by atoms with Gasteiger partial charge in [0.25, 0.3) is 0 Å². The maximum atomic E-state index is 11.5. The van der Waals surface area contributed by atoms with Crippen LogP contribution < -0.4 is 5.73 Å². The number of imidazole rings is 1. The highest BCUT2D eigenvalue weighted by atomic mass is 16.6. The van der Waals surface area contributed by atoms with Crippen LogP contribution in [0.4, 0.5) is 4.79 Å². The van der Waals surface area contributed by atoms with Crippen LogP contribution in [0.2, 0.25) is 0 Å². The molecule has 0 aliphatic rings. The highest BCUT2D eigenvalue weighted by Gasteiger charge is 2.23. The van der Waals surface area contributed by atoms with Crippen LogP contribution >= 0.6 is 0 Å². The Bertz CT molecular complexity index is 1080. The van der Waals surface area contributed by atoms with Crippen LogP contribution in [0.1, 0.15) is 17.5 Å². The molecular formula is C21H20N4O2. The minimum atomic E-state index is -0.816. The number of rotatable bonds is 5. The molecule has 0 bridgehead atoms. The third-order valence-corrected chi connectivity index (χ3v) is 4.61. The van der Waals surface area contributed by atoms with Crippen molar-refractivity contribution >= 4 is 17.0 Å². The molecule has 2 aromatic carbocycles. The van der Waals surface area contributed by atoms with Crippen molar-refractivity contribution in [1.29, 1.82) is 0 Å². The molecule has 2 heterocycles. The van der Waals surface area contributed by atoms with E-state index in [4.69, 9.17) is 15.5 Å². The second-order valence-electron chi connectivity index (χ2n) is 6.45. The van der Waals surface area contributed by atoms with Gasteiger partial charge in [-0.3, -0.25) is 0 Å². The first-order valence-electron chi connectivity index (χ1n) is 8.71. The van der Waals surface area contributed by atoms with E-state index >= 15 is 0 Å². The minimum absolute atomic E-state index is 0.478. The summed E-state index contributed by atoms with van der Waals surface area (Å²) in [7, 11) is 1.89. The number of benzene rings is 2. The van der Waals surface area contributed by atoms with Gasteiger partial charge in [-0.25, -0.2) is 9.78 Å². The Kier molecular flexibility index (Phi) is 4.38. The van der Waals surface area contributed by atoms with Crippen LogP contribution in [0.3, 0.4) is 0 Å². The summed E-state index contributed by atoms with van der Waals surface area (Å²) >= 11 is 0. The van der Waals surface area contributed by atoms with Gasteiger partial charge in [0.2, 0.25) is 0 Å². The van der Waals surface area contributed by atoms with E-state index < -0.39 is 12.2 Å². The second-order valence-corrected chi connectivity index (χ2v) is 6.45. The van der Waals surface area contributed by atoms with Gasteiger partial charge in [-0.2, -0.15) is 0 Å². The Balaban J connectivity index is 1.70. The van der Waals surface area contributed by atoms with E-state index in [2.05, 4.69) is 4.98 Å². The number of fused-ring (bicyclic) bond motifs is 1. The molecule has 0 radical (unpaired) electrons. The SMILES string of the molecule is Cn1cc(-c2ccccc2)nc1[C@@H](Cc1c[nH]c2ccccc12)OC(N)=O. The first-order valence-corrected chi connectivity index (χ1v) is 8.71. The molecule has 0 unspecified atom stereocenters. The number of amides is 1. The number of carbonyl (C=O) groups is 1. The number of aromatic nitrogens is 3. The lowest BCUT2D eigenvalue weighted by atomic mass is 10.1. The molecular weight excluding hydrogens is 340 g/mol. The molecule has 4 rings (SSSR count). The summed E-state index contributed by atoms with van der Waals surface area (Å²) in [6, 6.07) is 17.9. The van der Waals surface area contributed by atoms with Crippen LogP contribution in [0.25, 0.3) is 22.2 Å². The van der Waals surface area contributed by atoms with Gasteiger partial charge in [0.15, 0.2) is 11.9 Å². The van der Waals surface area contributed by atoms with Gasteiger partial charge < -0.3 is 20.0 Å². The predicted octanol–water partition coefficient (Wildman–Crippen LogP) is 3.95. The Labute approximate surface area is 156 Å². The predicted molar refractivity (Wildman–Crippen MR) is 104 cm³/mol. The van der Waals surface area contributed by atoms with Crippen molar-refractivity contribution in [3.63, 3.8) is 0 Å². The molecule has 0 saturated carbocycles. The lowest BCUT2D eigenvalue weighted by Gasteiger charge is -2.16. The van der Waals surface area contributed by atoms with Gasteiger partial charge >= 0.3 is 6.09 Å². The average molecular weight is 360 g/mol. The Morgan fingerprint density at radius 2 is 1.93 bits per heavy atom. The van der Waals surface area contributed by atoms with Crippen molar-refractivity contribution in [2.24, 2.45) is 12.8 Å². The molecule has 2 aromatic heterocycles. The molecule has 136 valence electrons. The highest BCUT2D eigenvalue weighted by Crippen LogP contribution is 2.28. The van der Waals surface area contributed by atoms with Crippen LogP contribution in [0.5, 0.6) is 0 Å². The number of aromatic amines is 1. The van der Waals surface area contributed by atoms with Gasteiger partial charge in [-0.05, 0) is 11.6 Å². The number of hydrogen-bond acceptors (Lipinski definition) is 3.